The maximum atomic E-state index is 12.1. The van der Waals surface area contributed by atoms with Crippen molar-refractivity contribution in [3.05, 3.63) is 58.3 Å². The summed E-state index contributed by atoms with van der Waals surface area (Å²) in [5.41, 5.74) is 3.56. The summed E-state index contributed by atoms with van der Waals surface area (Å²) in [6.07, 6.45) is 3.32. The molecule has 4 rings (SSSR count). The van der Waals surface area contributed by atoms with Crippen molar-refractivity contribution in [1.29, 1.82) is 0 Å². The molecule has 104 valence electrons. The second-order valence-electron chi connectivity index (χ2n) is 5.06. The number of nitrogens with one attached hydrogen (secondary N) is 2. The second kappa shape index (κ2) is 4.05. The fraction of sp³-hybridized carbons (Fsp3) is 0.133. The summed E-state index contributed by atoms with van der Waals surface area (Å²) in [6, 6.07) is 7.44. The third kappa shape index (κ3) is 1.56. The van der Waals surface area contributed by atoms with Crippen LogP contribution < -0.4 is 10.9 Å². The molecule has 1 aliphatic carbocycles. The predicted octanol–water partition coefficient (Wildman–Crippen LogP) is 1.23. The van der Waals surface area contributed by atoms with E-state index in [1.54, 1.807) is 16.8 Å². The van der Waals surface area contributed by atoms with E-state index in [4.69, 9.17) is 0 Å². The Morgan fingerprint density at radius 3 is 3.00 bits per heavy atom. The Hall–Kier alpha value is -2.89. The van der Waals surface area contributed by atoms with Gasteiger partial charge in [0.25, 0.3) is 5.56 Å². The number of H-pyrrole nitrogens is 1. The molecule has 0 saturated carbocycles. The third-order valence-electron chi connectivity index (χ3n) is 3.76. The van der Waals surface area contributed by atoms with Crippen molar-refractivity contribution < 1.29 is 4.79 Å². The molecule has 1 unspecified atom stereocenters. The smallest absolute Gasteiger partial charge is 0.292 e. The van der Waals surface area contributed by atoms with Gasteiger partial charge in [0.05, 0.1) is 17.4 Å². The number of amides is 1. The molecule has 2 heterocycles. The maximum Gasteiger partial charge on any atom is 0.292 e. The van der Waals surface area contributed by atoms with Crippen LogP contribution >= 0.6 is 0 Å². The Kier molecular flexibility index (Phi) is 2.29. The van der Waals surface area contributed by atoms with Crippen molar-refractivity contribution in [3.8, 4) is 11.3 Å². The van der Waals surface area contributed by atoms with Gasteiger partial charge in [0, 0.05) is 24.9 Å². The zero-order valence-electron chi connectivity index (χ0n) is 11.3. The van der Waals surface area contributed by atoms with Crippen molar-refractivity contribution in [2.45, 2.75) is 13.0 Å². The van der Waals surface area contributed by atoms with Gasteiger partial charge in [0.15, 0.2) is 0 Å². The van der Waals surface area contributed by atoms with Gasteiger partial charge in [-0.25, -0.2) is 4.98 Å². The molecule has 1 aliphatic rings. The van der Waals surface area contributed by atoms with Gasteiger partial charge >= 0.3 is 0 Å². The molecule has 3 aromatic rings. The van der Waals surface area contributed by atoms with Crippen LogP contribution in [0, 0.1) is 0 Å². The van der Waals surface area contributed by atoms with Crippen molar-refractivity contribution in [2.75, 3.05) is 0 Å². The van der Waals surface area contributed by atoms with E-state index in [9.17, 15) is 9.59 Å². The van der Waals surface area contributed by atoms with Crippen LogP contribution in [-0.4, -0.2) is 20.3 Å². The van der Waals surface area contributed by atoms with Gasteiger partial charge in [-0.2, -0.15) is 0 Å². The average Bonchev–Trinajstić information content (AvgIpc) is 3.04. The minimum absolute atomic E-state index is 0.123. The molecule has 21 heavy (non-hydrogen) atoms. The lowest BCUT2D eigenvalue weighted by Crippen LogP contribution is -2.27. The summed E-state index contributed by atoms with van der Waals surface area (Å²) in [7, 11) is 0. The molecule has 0 spiro atoms. The van der Waals surface area contributed by atoms with Crippen LogP contribution in [-0.2, 0) is 4.79 Å². The number of carbonyl (C=O) groups excluding carboxylic acids is 1. The zero-order valence-corrected chi connectivity index (χ0v) is 11.3. The first-order valence-electron chi connectivity index (χ1n) is 6.62. The Balaban J connectivity index is 2.11. The molecule has 0 fully saturated rings. The van der Waals surface area contributed by atoms with Crippen LogP contribution in [0.4, 0.5) is 0 Å². The van der Waals surface area contributed by atoms with E-state index in [2.05, 4.69) is 15.3 Å². The van der Waals surface area contributed by atoms with Crippen molar-refractivity contribution in [2.24, 2.45) is 0 Å². The van der Waals surface area contributed by atoms with Crippen molar-refractivity contribution >= 4 is 11.6 Å². The summed E-state index contributed by atoms with van der Waals surface area (Å²) < 4.78 is 1.74. The molecule has 0 aliphatic heterocycles. The number of benzene rings is 1. The lowest BCUT2D eigenvalue weighted by Gasteiger charge is -2.15. The molecular weight excluding hydrogens is 268 g/mol. The minimum atomic E-state index is -0.290. The molecule has 2 aromatic heterocycles. The van der Waals surface area contributed by atoms with Crippen LogP contribution in [0.5, 0.6) is 0 Å². The molecule has 2 N–H and O–H groups in total. The van der Waals surface area contributed by atoms with E-state index >= 15 is 0 Å². The molecule has 0 saturated heterocycles. The van der Waals surface area contributed by atoms with Gasteiger partial charge in [-0.05, 0) is 5.56 Å². The van der Waals surface area contributed by atoms with Gasteiger partial charge in [0.2, 0.25) is 11.6 Å². The number of imidazole rings is 1. The molecule has 0 radical (unpaired) electrons. The highest BCUT2D eigenvalue weighted by Gasteiger charge is 2.32. The van der Waals surface area contributed by atoms with E-state index in [1.807, 2.05) is 24.3 Å². The highest BCUT2D eigenvalue weighted by Crippen LogP contribution is 2.41. The molecule has 0 bridgehead atoms. The summed E-state index contributed by atoms with van der Waals surface area (Å²) in [5, 5.41) is 2.95. The standard InChI is InChI=1S/C15H12N4O2/c1-8(20)17-11-9-4-2-3-5-10(9)12-13(11)19-7-6-16-14(19)15(21)18-12/h2-7,11H,1H3,(H,17,20)(H,18,21). The van der Waals surface area contributed by atoms with Crippen LogP contribution in [0.1, 0.15) is 24.2 Å². The SMILES string of the molecule is CC(=O)NC1c2ccccc2-c2[nH]c(=O)c3nccn3c21. The number of fused-ring (bicyclic) bond motifs is 5. The fourth-order valence-corrected chi connectivity index (χ4v) is 2.98. The highest BCUT2D eigenvalue weighted by atomic mass is 16.1. The first kappa shape index (κ1) is 11.9. The Morgan fingerprint density at radius 2 is 2.19 bits per heavy atom. The van der Waals surface area contributed by atoms with Crippen molar-refractivity contribution in [3.63, 3.8) is 0 Å². The Morgan fingerprint density at radius 1 is 1.38 bits per heavy atom. The zero-order chi connectivity index (χ0) is 14.6. The lowest BCUT2D eigenvalue weighted by molar-refractivity contribution is -0.119. The minimum Gasteiger partial charge on any atom is -0.344 e. The largest absolute Gasteiger partial charge is 0.344 e. The molecule has 6 heteroatoms. The molecular formula is C15H12N4O2. The van der Waals surface area contributed by atoms with E-state index in [1.165, 1.54) is 6.92 Å². The number of nitrogens with zero attached hydrogens (tertiary/aromatic N) is 2. The summed E-state index contributed by atoms with van der Waals surface area (Å²) in [5.74, 6) is -0.123. The van der Waals surface area contributed by atoms with E-state index in [0.717, 1.165) is 22.5 Å². The van der Waals surface area contributed by atoms with Gasteiger partial charge in [0.1, 0.15) is 0 Å². The third-order valence-corrected chi connectivity index (χ3v) is 3.76. The number of carbonyl (C=O) groups is 1. The summed E-state index contributed by atoms with van der Waals surface area (Å²) in [6.45, 7) is 1.48. The average molecular weight is 280 g/mol. The monoisotopic (exact) mass is 280 g/mol. The normalized spacial score (nSPS) is 15.8. The van der Waals surface area contributed by atoms with Gasteiger partial charge in [-0.15, -0.1) is 0 Å². The topological polar surface area (TPSA) is 79.3 Å². The van der Waals surface area contributed by atoms with Crippen LogP contribution in [0.25, 0.3) is 16.9 Å². The van der Waals surface area contributed by atoms with E-state index in [0.29, 0.717) is 5.65 Å². The molecule has 1 atom stereocenters. The Bertz CT molecular complexity index is 938. The first-order chi connectivity index (χ1) is 10.2. The maximum absolute atomic E-state index is 12.1. The summed E-state index contributed by atoms with van der Waals surface area (Å²) >= 11 is 0. The lowest BCUT2D eigenvalue weighted by atomic mass is 10.1. The fourth-order valence-electron chi connectivity index (χ4n) is 2.98. The quantitative estimate of drug-likeness (QED) is 0.703. The molecule has 1 aromatic carbocycles. The van der Waals surface area contributed by atoms with Gasteiger partial charge in [-0.1, -0.05) is 24.3 Å². The van der Waals surface area contributed by atoms with Crippen LogP contribution in [0.3, 0.4) is 0 Å². The van der Waals surface area contributed by atoms with Crippen molar-refractivity contribution in [1.82, 2.24) is 19.7 Å². The first-order valence-corrected chi connectivity index (χ1v) is 6.62. The number of aromatic nitrogens is 3. The second-order valence-corrected chi connectivity index (χ2v) is 5.06. The molecule has 6 nitrogen and oxygen atoms in total. The van der Waals surface area contributed by atoms with E-state index in [-0.39, 0.29) is 17.5 Å². The molecule has 1 amide bonds. The van der Waals surface area contributed by atoms with Gasteiger partial charge < -0.3 is 10.3 Å². The number of aromatic amines is 1. The number of hydrogen-bond donors (Lipinski definition) is 2. The number of hydrogen-bond acceptors (Lipinski definition) is 3. The van der Waals surface area contributed by atoms with Crippen LogP contribution in [0.15, 0.2) is 41.5 Å². The van der Waals surface area contributed by atoms with Crippen LogP contribution in [0.2, 0.25) is 0 Å². The highest BCUT2D eigenvalue weighted by molar-refractivity contribution is 5.80. The Labute approximate surface area is 119 Å². The van der Waals surface area contributed by atoms with E-state index < -0.39 is 0 Å². The number of rotatable bonds is 1. The predicted molar refractivity (Wildman–Crippen MR) is 76.9 cm³/mol. The van der Waals surface area contributed by atoms with Gasteiger partial charge in [-0.3, -0.25) is 14.0 Å². The summed E-state index contributed by atoms with van der Waals surface area (Å²) in [4.78, 5) is 30.6.